The van der Waals surface area contributed by atoms with Crippen molar-refractivity contribution in [1.82, 2.24) is 10.3 Å². The summed E-state index contributed by atoms with van der Waals surface area (Å²) in [5.41, 5.74) is -1.89. The number of pyridine rings is 1. The molecule has 0 aliphatic carbocycles. The van der Waals surface area contributed by atoms with Gasteiger partial charge in [-0.15, -0.1) is 0 Å². The van der Waals surface area contributed by atoms with Crippen LogP contribution >= 0.6 is 0 Å². The number of ether oxygens (including phenoxy) is 1. The lowest BCUT2D eigenvalue weighted by Gasteiger charge is -2.30. The minimum atomic E-state index is -1.56. The molecule has 1 heterocycles. The van der Waals surface area contributed by atoms with E-state index in [1.165, 1.54) is 6.20 Å². The second-order valence-corrected chi connectivity index (χ2v) is 6.53. The van der Waals surface area contributed by atoms with Gasteiger partial charge in [0.1, 0.15) is 11.1 Å². The van der Waals surface area contributed by atoms with E-state index in [2.05, 4.69) is 10.3 Å². The number of hydrogen-bond donors (Lipinski definition) is 2. The Labute approximate surface area is 141 Å². The van der Waals surface area contributed by atoms with Crippen LogP contribution in [0.3, 0.4) is 0 Å². The van der Waals surface area contributed by atoms with Crippen molar-refractivity contribution in [3.63, 3.8) is 0 Å². The molecule has 0 saturated carbocycles. The fraction of sp³-hybridized carbons (Fsp3) is 0.529. The lowest BCUT2D eigenvalue weighted by atomic mass is 9.88. The Balaban J connectivity index is 2.83. The molecule has 7 nitrogen and oxygen atoms in total. The van der Waals surface area contributed by atoms with Gasteiger partial charge in [-0.25, -0.2) is 9.59 Å². The quantitative estimate of drug-likeness (QED) is 0.742. The fourth-order valence-corrected chi connectivity index (χ4v) is 2.14. The molecular formula is C17H24N2O5. The Morgan fingerprint density at radius 2 is 1.96 bits per heavy atom. The zero-order chi connectivity index (χ0) is 18.4. The fourth-order valence-electron chi connectivity index (χ4n) is 2.14. The topological polar surface area (TPSA) is 106 Å². The maximum absolute atomic E-state index is 12.2. The van der Waals surface area contributed by atoms with Gasteiger partial charge in [0.05, 0.1) is 0 Å². The van der Waals surface area contributed by atoms with Gasteiger partial charge in [0, 0.05) is 24.4 Å². The molecule has 0 aliphatic heterocycles. The summed E-state index contributed by atoms with van der Waals surface area (Å²) in [6.07, 6.45) is 2.22. The molecule has 0 saturated heterocycles. The van der Waals surface area contributed by atoms with Gasteiger partial charge in [0.25, 0.3) is 0 Å². The van der Waals surface area contributed by atoms with Crippen LogP contribution in [0.5, 0.6) is 0 Å². The highest BCUT2D eigenvalue weighted by Crippen LogP contribution is 2.21. The number of carboxylic acid groups (broad SMARTS) is 1. The number of alkyl carbamates (subject to hydrolysis) is 1. The molecule has 1 aromatic heterocycles. The van der Waals surface area contributed by atoms with Gasteiger partial charge in [0.15, 0.2) is 5.78 Å². The first-order chi connectivity index (χ1) is 11.1. The van der Waals surface area contributed by atoms with E-state index in [0.717, 1.165) is 0 Å². The molecular weight excluding hydrogens is 312 g/mol. The number of rotatable bonds is 7. The normalized spacial score (nSPS) is 13.7. The van der Waals surface area contributed by atoms with Crippen LogP contribution in [0.25, 0.3) is 0 Å². The summed E-state index contributed by atoms with van der Waals surface area (Å²) >= 11 is 0. The maximum Gasteiger partial charge on any atom is 0.408 e. The molecule has 2 N–H and O–H groups in total. The Bertz CT molecular complexity index is 595. The number of amides is 1. The number of ketones is 1. The molecule has 0 spiro atoms. The molecule has 7 heteroatoms. The van der Waals surface area contributed by atoms with E-state index >= 15 is 0 Å². The van der Waals surface area contributed by atoms with Gasteiger partial charge >= 0.3 is 12.1 Å². The molecule has 0 unspecified atom stereocenters. The Morgan fingerprint density at radius 3 is 2.42 bits per heavy atom. The standard InChI is InChI=1S/C17H24N2O5/c1-5-17(14(21)22,19-15(23)24-16(2,3)4)9-8-13(20)12-7-6-10-18-11-12/h6-7,10-11H,5,8-9H2,1-4H3,(H,19,23)(H,21,22)/t17-/m0/s1. The van der Waals surface area contributed by atoms with Crippen LogP contribution in [0.1, 0.15) is 57.3 Å². The number of nitrogens with one attached hydrogen (secondary N) is 1. The van der Waals surface area contributed by atoms with Crippen molar-refractivity contribution in [2.75, 3.05) is 0 Å². The van der Waals surface area contributed by atoms with Gasteiger partial charge in [-0.2, -0.15) is 0 Å². The number of aliphatic carboxylic acids is 1. The predicted octanol–water partition coefficient (Wildman–Crippen LogP) is 2.80. The lowest BCUT2D eigenvalue weighted by Crippen LogP contribution is -2.55. The van der Waals surface area contributed by atoms with Gasteiger partial charge in [-0.05, 0) is 45.7 Å². The highest BCUT2D eigenvalue weighted by molar-refractivity contribution is 5.96. The number of Topliss-reactive ketones (excluding diaryl/α,β-unsaturated/α-hetero) is 1. The van der Waals surface area contributed by atoms with Crippen molar-refractivity contribution in [3.8, 4) is 0 Å². The number of carbonyl (C=O) groups is 3. The third-order valence-corrected chi connectivity index (χ3v) is 3.52. The predicted molar refractivity (Wildman–Crippen MR) is 87.8 cm³/mol. The molecule has 1 aromatic rings. The molecule has 0 radical (unpaired) electrons. The van der Waals surface area contributed by atoms with Crippen molar-refractivity contribution >= 4 is 17.8 Å². The highest BCUT2D eigenvalue weighted by atomic mass is 16.6. The van der Waals surface area contributed by atoms with Gasteiger partial charge in [0.2, 0.25) is 0 Å². The monoisotopic (exact) mass is 336 g/mol. The minimum Gasteiger partial charge on any atom is -0.480 e. The maximum atomic E-state index is 12.2. The van der Waals surface area contributed by atoms with Crippen LogP contribution in [0.2, 0.25) is 0 Å². The van der Waals surface area contributed by atoms with Crippen molar-refractivity contribution in [2.24, 2.45) is 0 Å². The molecule has 0 aliphatic rings. The minimum absolute atomic E-state index is 0.0262. The van der Waals surface area contributed by atoms with Gasteiger partial charge < -0.3 is 15.2 Å². The SMILES string of the molecule is CC[C@@](CCC(=O)c1cccnc1)(NC(=O)OC(C)(C)C)C(=O)O. The first kappa shape index (κ1) is 19.6. The summed E-state index contributed by atoms with van der Waals surface area (Å²) in [7, 11) is 0. The van der Waals surface area contributed by atoms with Gasteiger partial charge in [-0.1, -0.05) is 6.92 Å². The summed E-state index contributed by atoms with van der Waals surface area (Å²) in [6.45, 7) is 6.70. The number of nitrogens with zero attached hydrogens (tertiary/aromatic N) is 1. The lowest BCUT2D eigenvalue weighted by molar-refractivity contribution is -0.145. The first-order valence-corrected chi connectivity index (χ1v) is 7.77. The number of carbonyl (C=O) groups excluding carboxylic acids is 2. The highest BCUT2D eigenvalue weighted by Gasteiger charge is 2.39. The molecule has 132 valence electrons. The molecule has 1 rings (SSSR count). The van der Waals surface area contributed by atoms with E-state index in [4.69, 9.17) is 4.74 Å². The first-order valence-electron chi connectivity index (χ1n) is 7.77. The summed E-state index contributed by atoms with van der Waals surface area (Å²) in [5, 5.41) is 12.0. The van der Waals surface area contributed by atoms with E-state index in [0.29, 0.717) is 5.56 Å². The third kappa shape index (κ3) is 5.64. The average Bonchev–Trinajstić information content (AvgIpc) is 2.49. The van der Waals surface area contributed by atoms with Crippen molar-refractivity contribution in [2.45, 2.75) is 58.1 Å². The second-order valence-electron chi connectivity index (χ2n) is 6.53. The third-order valence-electron chi connectivity index (χ3n) is 3.52. The Hall–Kier alpha value is -2.44. The smallest absolute Gasteiger partial charge is 0.408 e. The molecule has 0 fully saturated rings. The molecule has 0 aromatic carbocycles. The number of aromatic nitrogens is 1. The molecule has 0 bridgehead atoms. The van der Waals surface area contributed by atoms with Gasteiger partial charge in [-0.3, -0.25) is 9.78 Å². The van der Waals surface area contributed by atoms with E-state index < -0.39 is 23.2 Å². The molecule has 1 atom stereocenters. The number of hydrogen-bond acceptors (Lipinski definition) is 5. The zero-order valence-electron chi connectivity index (χ0n) is 14.5. The summed E-state index contributed by atoms with van der Waals surface area (Å²) in [6, 6.07) is 3.25. The van der Waals surface area contributed by atoms with E-state index in [1.54, 1.807) is 46.0 Å². The van der Waals surface area contributed by atoms with Crippen molar-refractivity contribution in [1.29, 1.82) is 0 Å². The van der Waals surface area contributed by atoms with Crippen molar-refractivity contribution in [3.05, 3.63) is 30.1 Å². The summed E-state index contributed by atoms with van der Waals surface area (Å²) in [5.74, 6) is -1.43. The molecule has 1 amide bonds. The van der Waals surface area contributed by atoms with E-state index in [1.807, 2.05) is 0 Å². The van der Waals surface area contributed by atoms with E-state index in [9.17, 15) is 19.5 Å². The average molecular weight is 336 g/mol. The zero-order valence-corrected chi connectivity index (χ0v) is 14.5. The van der Waals surface area contributed by atoms with Crippen LogP contribution in [0.15, 0.2) is 24.5 Å². The van der Waals surface area contributed by atoms with E-state index in [-0.39, 0.29) is 25.0 Å². The molecule has 24 heavy (non-hydrogen) atoms. The largest absolute Gasteiger partial charge is 0.480 e. The second kappa shape index (κ2) is 7.90. The Morgan fingerprint density at radius 1 is 1.29 bits per heavy atom. The summed E-state index contributed by atoms with van der Waals surface area (Å²) < 4.78 is 5.13. The van der Waals surface area contributed by atoms with Crippen LogP contribution in [-0.2, 0) is 9.53 Å². The van der Waals surface area contributed by atoms with Crippen LogP contribution in [0.4, 0.5) is 4.79 Å². The van der Waals surface area contributed by atoms with Crippen LogP contribution < -0.4 is 5.32 Å². The van der Waals surface area contributed by atoms with Crippen LogP contribution in [-0.4, -0.2) is 39.1 Å². The van der Waals surface area contributed by atoms with Crippen molar-refractivity contribution < 1.29 is 24.2 Å². The number of carboxylic acids is 1. The summed E-state index contributed by atoms with van der Waals surface area (Å²) in [4.78, 5) is 39.7. The van der Waals surface area contributed by atoms with Crippen LogP contribution in [0, 0.1) is 0 Å². The Kier molecular flexibility index (Phi) is 6.45.